The first-order chi connectivity index (χ1) is 19.1. The third-order valence-electron chi connectivity index (χ3n) is 8.44. The highest BCUT2D eigenvalue weighted by Crippen LogP contribution is 2.63. The van der Waals surface area contributed by atoms with Gasteiger partial charge in [-0.3, -0.25) is 0 Å². The van der Waals surface area contributed by atoms with Gasteiger partial charge in [0.15, 0.2) is 6.29 Å². The van der Waals surface area contributed by atoms with Crippen molar-refractivity contribution in [2.24, 2.45) is 0 Å². The van der Waals surface area contributed by atoms with Crippen LogP contribution in [0.2, 0.25) is 0 Å². The van der Waals surface area contributed by atoms with E-state index in [1.165, 1.54) is 22.3 Å². The van der Waals surface area contributed by atoms with Crippen molar-refractivity contribution < 1.29 is 14.6 Å². The summed E-state index contributed by atoms with van der Waals surface area (Å²) in [5.41, 5.74) is 11.8. The fourth-order valence-electron chi connectivity index (χ4n) is 6.77. The molecule has 4 nitrogen and oxygen atoms in total. The maximum absolute atomic E-state index is 10.3. The number of benzene rings is 5. The maximum atomic E-state index is 10.3. The number of aliphatic hydroxyl groups is 1. The van der Waals surface area contributed by atoms with E-state index in [4.69, 9.17) is 9.47 Å². The molecule has 190 valence electrons. The summed E-state index contributed by atoms with van der Waals surface area (Å²) in [6, 6.07) is 36.7. The Bertz CT molecular complexity index is 1710. The van der Waals surface area contributed by atoms with E-state index in [0.717, 1.165) is 50.8 Å². The van der Waals surface area contributed by atoms with Gasteiger partial charge in [-0.15, -0.1) is 0 Å². The Balaban J connectivity index is 1.51. The molecule has 1 unspecified atom stereocenters. The normalized spacial score (nSPS) is 17.5. The van der Waals surface area contributed by atoms with Crippen molar-refractivity contribution in [3.63, 3.8) is 0 Å². The van der Waals surface area contributed by atoms with Crippen molar-refractivity contribution in [1.29, 1.82) is 0 Å². The summed E-state index contributed by atoms with van der Waals surface area (Å²) in [6.07, 6.45) is -0.862. The molecule has 0 saturated carbocycles. The topological polar surface area (TPSA) is 41.9 Å². The number of anilines is 3. The van der Waals surface area contributed by atoms with E-state index in [2.05, 4.69) is 104 Å². The number of ether oxygens (including phenoxy) is 2. The molecule has 0 radical (unpaired) electrons. The number of para-hydroxylation sites is 2. The van der Waals surface area contributed by atoms with Crippen LogP contribution >= 0.6 is 0 Å². The van der Waals surface area contributed by atoms with Crippen LogP contribution in [0.3, 0.4) is 0 Å². The standard InChI is InChI=1S/C35H27NO3/c1-21-11-15-30-28(17-21)35(26-7-3-5-9-32(26)39-33-10-6-4-8-27(33)35)29-18-22(2)12-16-31(29)36(30)24-13-14-25-23(19-24)20-38-34(25)37/h3-19,34,37H,20H2,1-2H3. The molecule has 5 aromatic rings. The molecule has 39 heavy (non-hydrogen) atoms. The molecular formula is C35H27NO3. The Hall–Kier alpha value is -4.38. The average Bonchev–Trinajstić information content (AvgIpc) is 3.33. The van der Waals surface area contributed by atoms with Crippen LogP contribution in [-0.4, -0.2) is 5.11 Å². The first-order valence-corrected chi connectivity index (χ1v) is 13.4. The summed E-state index contributed by atoms with van der Waals surface area (Å²) >= 11 is 0. The van der Waals surface area contributed by atoms with Crippen LogP contribution in [0.5, 0.6) is 11.5 Å². The molecular weight excluding hydrogens is 482 g/mol. The maximum Gasteiger partial charge on any atom is 0.181 e. The minimum atomic E-state index is -0.862. The fourth-order valence-corrected chi connectivity index (χ4v) is 6.77. The van der Waals surface area contributed by atoms with E-state index in [1.54, 1.807) is 0 Å². The predicted molar refractivity (Wildman–Crippen MR) is 152 cm³/mol. The lowest BCUT2D eigenvalue weighted by Gasteiger charge is -2.49. The molecule has 4 heteroatoms. The third-order valence-corrected chi connectivity index (χ3v) is 8.44. The van der Waals surface area contributed by atoms with Crippen LogP contribution in [0.4, 0.5) is 17.1 Å². The Morgan fingerprint density at radius 2 is 1.28 bits per heavy atom. The Morgan fingerprint density at radius 3 is 1.90 bits per heavy atom. The van der Waals surface area contributed by atoms with Crippen molar-refractivity contribution in [3.05, 3.63) is 148 Å². The number of hydrogen-bond donors (Lipinski definition) is 1. The average molecular weight is 510 g/mol. The van der Waals surface area contributed by atoms with Gasteiger partial charge in [0.2, 0.25) is 0 Å². The second kappa shape index (κ2) is 8.06. The zero-order valence-corrected chi connectivity index (χ0v) is 21.8. The van der Waals surface area contributed by atoms with Crippen LogP contribution < -0.4 is 9.64 Å². The monoisotopic (exact) mass is 509 g/mol. The lowest BCUT2D eigenvalue weighted by Crippen LogP contribution is -2.40. The van der Waals surface area contributed by atoms with Crippen molar-refractivity contribution >= 4 is 17.1 Å². The molecule has 1 atom stereocenters. The highest BCUT2D eigenvalue weighted by Gasteiger charge is 2.51. The highest BCUT2D eigenvalue weighted by atomic mass is 16.6. The molecule has 3 aliphatic heterocycles. The minimum absolute atomic E-state index is 0.404. The van der Waals surface area contributed by atoms with Crippen LogP contribution in [0, 0.1) is 13.8 Å². The molecule has 1 spiro atoms. The number of hydrogen-bond acceptors (Lipinski definition) is 4. The van der Waals surface area contributed by atoms with E-state index in [1.807, 2.05) is 18.2 Å². The quantitative estimate of drug-likeness (QED) is 0.243. The van der Waals surface area contributed by atoms with Gasteiger partial charge in [0.1, 0.15) is 11.5 Å². The number of rotatable bonds is 1. The van der Waals surface area contributed by atoms with Gasteiger partial charge < -0.3 is 19.5 Å². The van der Waals surface area contributed by atoms with Gasteiger partial charge >= 0.3 is 0 Å². The van der Waals surface area contributed by atoms with Crippen LogP contribution in [0.25, 0.3) is 0 Å². The van der Waals surface area contributed by atoms with Gasteiger partial charge in [0.05, 0.1) is 23.4 Å². The first-order valence-electron chi connectivity index (χ1n) is 13.4. The zero-order chi connectivity index (χ0) is 26.3. The summed E-state index contributed by atoms with van der Waals surface area (Å²) in [6.45, 7) is 4.73. The Morgan fingerprint density at radius 1 is 0.692 bits per heavy atom. The molecule has 1 N–H and O–H groups in total. The van der Waals surface area contributed by atoms with Crippen LogP contribution in [0.15, 0.2) is 103 Å². The van der Waals surface area contributed by atoms with Gasteiger partial charge in [-0.1, -0.05) is 77.9 Å². The molecule has 8 rings (SSSR count). The van der Waals surface area contributed by atoms with E-state index in [9.17, 15) is 5.11 Å². The molecule has 0 saturated heterocycles. The third kappa shape index (κ3) is 3.01. The Labute approximate surface area is 227 Å². The number of aliphatic hydroxyl groups excluding tert-OH is 1. The molecule has 5 aromatic carbocycles. The lowest BCUT2D eigenvalue weighted by molar-refractivity contribution is -0.0918. The minimum Gasteiger partial charge on any atom is -0.457 e. The first kappa shape index (κ1) is 22.6. The summed E-state index contributed by atoms with van der Waals surface area (Å²) in [7, 11) is 0. The van der Waals surface area contributed by atoms with Crippen molar-refractivity contribution in [2.45, 2.75) is 32.2 Å². The summed E-state index contributed by atoms with van der Waals surface area (Å²) in [5.74, 6) is 1.77. The van der Waals surface area contributed by atoms with Crippen LogP contribution in [-0.2, 0) is 16.8 Å². The lowest BCUT2D eigenvalue weighted by atomic mass is 9.61. The fraction of sp³-hybridized carbons (Fsp3) is 0.143. The molecule has 0 aromatic heterocycles. The van der Waals surface area contributed by atoms with Crippen molar-refractivity contribution in [2.75, 3.05) is 4.90 Å². The smallest absolute Gasteiger partial charge is 0.181 e. The van der Waals surface area contributed by atoms with Crippen molar-refractivity contribution in [3.8, 4) is 11.5 Å². The number of aryl methyl sites for hydroxylation is 2. The van der Waals surface area contributed by atoms with Gasteiger partial charge in [-0.2, -0.15) is 0 Å². The Kier molecular flexibility index (Phi) is 4.67. The largest absolute Gasteiger partial charge is 0.457 e. The molecule has 3 aliphatic rings. The van der Waals surface area contributed by atoms with Gasteiger partial charge in [0, 0.05) is 22.4 Å². The summed E-state index contributed by atoms with van der Waals surface area (Å²) < 4.78 is 12.0. The van der Waals surface area contributed by atoms with Gasteiger partial charge in [0.25, 0.3) is 0 Å². The zero-order valence-electron chi connectivity index (χ0n) is 21.8. The molecule has 3 heterocycles. The number of nitrogens with zero attached hydrogens (tertiary/aromatic N) is 1. The summed E-state index contributed by atoms with van der Waals surface area (Å²) in [4.78, 5) is 2.36. The van der Waals surface area contributed by atoms with Gasteiger partial charge in [-0.05, 0) is 66.9 Å². The molecule has 0 aliphatic carbocycles. The van der Waals surface area contributed by atoms with Crippen LogP contribution in [0.1, 0.15) is 50.8 Å². The van der Waals surface area contributed by atoms with E-state index in [0.29, 0.717) is 6.61 Å². The van der Waals surface area contributed by atoms with E-state index >= 15 is 0 Å². The second-order valence-electron chi connectivity index (χ2n) is 10.8. The SMILES string of the molecule is Cc1ccc2c(c1)C1(c3ccccc3Oc3ccccc31)c1cc(C)ccc1N2c1ccc2c(c1)COC2O. The van der Waals surface area contributed by atoms with E-state index in [-0.39, 0.29) is 0 Å². The van der Waals surface area contributed by atoms with Crippen molar-refractivity contribution in [1.82, 2.24) is 0 Å². The molecule has 0 amide bonds. The van der Waals surface area contributed by atoms with E-state index < -0.39 is 11.7 Å². The number of fused-ring (bicyclic) bond motifs is 9. The molecule has 0 fully saturated rings. The summed E-state index contributed by atoms with van der Waals surface area (Å²) in [5, 5.41) is 10.3. The van der Waals surface area contributed by atoms with Gasteiger partial charge in [-0.25, -0.2) is 0 Å². The predicted octanol–water partition coefficient (Wildman–Crippen LogP) is 8.10. The second-order valence-corrected chi connectivity index (χ2v) is 10.8. The molecule has 0 bridgehead atoms. The highest BCUT2D eigenvalue weighted by molar-refractivity contribution is 5.91.